The van der Waals surface area contributed by atoms with Gasteiger partial charge in [0, 0.05) is 49.5 Å². The third-order valence-corrected chi connectivity index (χ3v) is 6.47. The van der Waals surface area contributed by atoms with Gasteiger partial charge in [-0.25, -0.2) is 0 Å². The maximum absolute atomic E-state index is 12.8. The molecule has 33 heavy (non-hydrogen) atoms. The fraction of sp³-hybridized carbons (Fsp3) is 0.500. The Bertz CT molecular complexity index is 886. The molecule has 1 heterocycles. The van der Waals surface area contributed by atoms with Crippen molar-refractivity contribution in [1.82, 2.24) is 4.90 Å². The van der Waals surface area contributed by atoms with Gasteiger partial charge in [0.1, 0.15) is 0 Å². The van der Waals surface area contributed by atoms with Crippen LogP contribution in [0.25, 0.3) is 0 Å². The number of benzene rings is 2. The normalized spacial score (nSPS) is 13.8. The van der Waals surface area contributed by atoms with Crippen LogP contribution in [0.1, 0.15) is 74.2 Å². The van der Waals surface area contributed by atoms with Crippen LogP contribution in [0.4, 0.5) is 11.4 Å². The SMILES string of the molecule is CCCCCCCCCC(=O)Nc1ccc(N2CCN(C(=O)c3ccccc3C)CC2)cc1. The largest absolute Gasteiger partial charge is 0.368 e. The lowest BCUT2D eigenvalue weighted by Crippen LogP contribution is -2.48. The van der Waals surface area contributed by atoms with Crippen LogP contribution < -0.4 is 10.2 Å². The van der Waals surface area contributed by atoms with E-state index in [1.165, 1.54) is 32.1 Å². The summed E-state index contributed by atoms with van der Waals surface area (Å²) < 4.78 is 0. The summed E-state index contributed by atoms with van der Waals surface area (Å²) in [5.41, 5.74) is 3.79. The average molecular weight is 450 g/mol. The lowest BCUT2D eigenvalue weighted by Gasteiger charge is -2.36. The van der Waals surface area contributed by atoms with Crippen molar-refractivity contribution in [3.05, 3.63) is 59.7 Å². The number of anilines is 2. The van der Waals surface area contributed by atoms with E-state index in [0.29, 0.717) is 19.5 Å². The van der Waals surface area contributed by atoms with Crippen LogP contribution in [0.2, 0.25) is 0 Å². The smallest absolute Gasteiger partial charge is 0.254 e. The van der Waals surface area contributed by atoms with Gasteiger partial charge in [-0.05, 0) is 49.2 Å². The molecule has 178 valence electrons. The molecule has 5 heteroatoms. The van der Waals surface area contributed by atoms with Gasteiger partial charge in [-0.15, -0.1) is 0 Å². The number of hydrogen-bond acceptors (Lipinski definition) is 3. The van der Waals surface area contributed by atoms with Gasteiger partial charge >= 0.3 is 0 Å². The van der Waals surface area contributed by atoms with E-state index in [9.17, 15) is 9.59 Å². The second kappa shape index (κ2) is 13.0. The fourth-order valence-electron chi connectivity index (χ4n) is 4.37. The van der Waals surface area contributed by atoms with Crippen molar-refractivity contribution in [3.8, 4) is 0 Å². The Morgan fingerprint density at radius 2 is 1.45 bits per heavy atom. The van der Waals surface area contributed by atoms with Crippen molar-refractivity contribution >= 4 is 23.2 Å². The molecule has 1 aliphatic heterocycles. The number of hydrogen-bond donors (Lipinski definition) is 1. The number of unbranched alkanes of at least 4 members (excludes halogenated alkanes) is 6. The lowest BCUT2D eigenvalue weighted by molar-refractivity contribution is -0.116. The molecule has 0 spiro atoms. The maximum atomic E-state index is 12.8. The van der Waals surface area contributed by atoms with Crippen molar-refractivity contribution in [1.29, 1.82) is 0 Å². The van der Waals surface area contributed by atoms with Crippen LogP contribution in [0, 0.1) is 6.92 Å². The highest BCUT2D eigenvalue weighted by Crippen LogP contribution is 2.21. The van der Waals surface area contributed by atoms with Gasteiger partial charge < -0.3 is 15.1 Å². The third kappa shape index (κ3) is 7.62. The van der Waals surface area contributed by atoms with Crippen molar-refractivity contribution in [3.63, 3.8) is 0 Å². The summed E-state index contributed by atoms with van der Waals surface area (Å²) in [6.45, 7) is 7.25. The molecule has 3 rings (SSSR count). The summed E-state index contributed by atoms with van der Waals surface area (Å²) in [6.07, 6.45) is 9.09. The van der Waals surface area contributed by atoms with Gasteiger partial charge in [-0.2, -0.15) is 0 Å². The van der Waals surface area contributed by atoms with Crippen LogP contribution in [0.5, 0.6) is 0 Å². The van der Waals surface area contributed by atoms with Gasteiger partial charge in [0.25, 0.3) is 5.91 Å². The summed E-state index contributed by atoms with van der Waals surface area (Å²) in [4.78, 5) is 29.3. The molecule has 5 nitrogen and oxygen atoms in total. The second-order valence-electron chi connectivity index (χ2n) is 9.06. The van der Waals surface area contributed by atoms with E-state index in [1.54, 1.807) is 0 Å². The predicted molar refractivity (Wildman–Crippen MR) is 137 cm³/mol. The number of carbonyl (C=O) groups excluding carboxylic acids is 2. The zero-order chi connectivity index (χ0) is 23.5. The molecule has 0 radical (unpaired) electrons. The van der Waals surface area contributed by atoms with E-state index in [2.05, 4.69) is 29.3 Å². The number of carbonyl (C=O) groups is 2. The first-order valence-corrected chi connectivity index (χ1v) is 12.6. The molecule has 2 amide bonds. The molecule has 0 unspecified atom stereocenters. The highest BCUT2D eigenvalue weighted by atomic mass is 16.2. The molecule has 1 saturated heterocycles. The van der Waals surface area contributed by atoms with Crippen LogP contribution in [-0.4, -0.2) is 42.9 Å². The van der Waals surface area contributed by atoms with Crippen LogP contribution in [0.3, 0.4) is 0 Å². The molecule has 1 fully saturated rings. The lowest BCUT2D eigenvalue weighted by atomic mass is 10.1. The summed E-state index contributed by atoms with van der Waals surface area (Å²) in [5, 5.41) is 3.02. The van der Waals surface area contributed by atoms with Crippen LogP contribution in [0.15, 0.2) is 48.5 Å². The standard InChI is InChI=1S/C28H39N3O2/c1-3-4-5-6-7-8-9-14-27(32)29-24-15-17-25(18-16-24)30-19-21-31(22-20-30)28(33)26-13-11-10-12-23(26)2/h10-13,15-18H,3-9,14,19-22H2,1-2H3,(H,29,32). The van der Waals surface area contributed by atoms with Crippen LogP contribution >= 0.6 is 0 Å². The fourth-order valence-corrected chi connectivity index (χ4v) is 4.37. The van der Waals surface area contributed by atoms with E-state index < -0.39 is 0 Å². The van der Waals surface area contributed by atoms with Crippen molar-refractivity contribution in [2.45, 2.75) is 65.2 Å². The van der Waals surface area contributed by atoms with Crippen molar-refractivity contribution < 1.29 is 9.59 Å². The molecule has 2 aromatic rings. The van der Waals surface area contributed by atoms with Crippen molar-refractivity contribution in [2.24, 2.45) is 0 Å². The molecular formula is C28H39N3O2. The van der Waals surface area contributed by atoms with E-state index in [4.69, 9.17) is 0 Å². The molecule has 2 aromatic carbocycles. The molecule has 1 aliphatic rings. The van der Waals surface area contributed by atoms with Gasteiger partial charge in [-0.3, -0.25) is 9.59 Å². The van der Waals surface area contributed by atoms with E-state index in [-0.39, 0.29) is 11.8 Å². The molecule has 0 aromatic heterocycles. The zero-order valence-electron chi connectivity index (χ0n) is 20.3. The van der Waals surface area contributed by atoms with E-state index in [1.807, 2.05) is 48.2 Å². The quantitative estimate of drug-likeness (QED) is 0.426. The Morgan fingerprint density at radius 1 is 0.818 bits per heavy atom. The van der Waals surface area contributed by atoms with Gasteiger partial charge in [-0.1, -0.05) is 63.6 Å². The molecule has 0 atom stereocenters. The summed E-state index contributed by atoms with van der Waals surface area (Å²) >= 11 is 0. The average Bonchev–Trinajstić information content (AvgIpc) is 2.84. The number of nitrogens with one attached hydrogen (secondary N) is 1. The minimum Gasteiger partial charge on any atom is -0.368 e. The summed E-state index contributed by atoms with van der Waals surface area (Å²) in [7, 11) is 0. The first kappa shape index (κ1) is 24.8. The second-order valence-corrected chi connectivity index (χ2v) is 9.06. The summed E-state index contributed by atoms with van der Waals surface area (Å²) in [5.74, 6) is 0.214. The Hall–Kier alpha value is -2.82. The molecule has 1 N–H and O–H groups in total. The molecule has 0 saturated carbocycles. The predicted octanol–water partition coefficient (Wildman–Crippen LogP) is 6.04. The Balaban J connectivity index is 1.39. The highest BCUT2D eigenvalue weighted by Gasteiger charge is 2.23. The van der Waals surface area contributed by atoms with Crippen LogP contribution in [-0.2, 0) is 4.79 Å². The highest BCUT2D eigenvalue weighted by molar-refractivity contribution is 5.95. The minimum absolute atomic E-state index is 0.0969. The number of rotatable bonds is 11. The number of amides is 2. The Labute approximate surface area is 199 Å². The van der Waals surface area contributed by atoms with E-state index in [0.717, 1.165) is 48.4 Å². The van der Waals surface area contributed by atoms with Gasteiger partial charge in [0.15, 0.2) is 0 Å². The zero-order valence-corrected chi connectivity index (χ0v) is 20.3. The number of piperazine rings is 1. The Morgan fingerprint density at radius 3 is 2.12 bits per heavy atom. The number of aryl methyl sites for hydroxylation is 1. The first-order valence-electron chi connectivity index (χ1n) is 12.6. The molecule has 0 bridgehead atoms. The molecular weight excluding hydrogens is 410 g/mol. The van der Waals surface area contributed by atoms with Crippen molar-refractivity contribution in [2.75, 3.05) is 36.4 Å². The minimum atomic E-state index is 0.0969. The Kier molecular flexibility index (Phi) is 9.79. The van der Waals surface area contributed by atoms with Gasteiger partial charge in [0.2, 0.25) is 5.91 Å². The monoisotopic (exact) mass is 449 g/mol. The topological polar surface area (TPSA) is 52.7 Å². The number of nitrogens with zero attached hydrogens (tertiary/aromatic N) is 2. The molecule has 0 aliphatic carbocycles. The third-order valence-electron chi connectivity index (χ3n) is 6.47. The first-order chi connectivity index (χ1) is 16.1. The van der Waals surface area contributed by atoms with Gasteiger partial charge in [0.05, 0.1) is 0 Å². The summed E-state index contributed by atoms with van der Waals surface area (Å²) in [6, 6.07) is 15.8. The maximum Gasteiger partial charge on any atom is 0.254 e. The van der Waals surface area contributed by atoms with E-state index >= 15 is 0 Å².